The summed E-state index contributed by atoms with van der Waals surface area (Å²) in [5.41, 5.74) is 7.69. The van der Waals surface area contributed by atoms with E-state index in [2.05, 4.69) is 121 Å². The predicted molar refractivity (Wildman–Crippen MR) is 208 cm³/mol. The number of rotatable bonds is 6. The van der Waals surface area contributed by atoms with Crippen LogP contribution in [-0.4, -0.2) is 22.6 Å². The van der Waals surface area contributed by atoms with Crippen LogP contribution in [0.15, 0.2) is 128 Å². The van der Waals surface area contributed by atoms with Gasteiger partial charge in [-0.05, 0) is 58.3 Å². The zero-order valence-electron chi connectivity index (χ0n) is 29.4. The Bertz CT molecular complexity index is 2410. The average Bonchev–Trinajstić information content (AvgIpc) is 3.69. The summed E-state index contributed by atoms with van der Waals surface area (Å²) in [4.78, 5) is 9.66. The Labute approximate surface area is 309 Å². The SMILES string of the molecule is CC(C)Cc1cc(-c2[c-]cccc2)ncc1[Si](C)(C)C.[2H]c1ccc2c(-c3nc4ccccc4n3-c3ccc4ccccc4c3)[c-]sc2c1.[Ir]. The van der Waals surface area contributed by atoms with Crippen LogP contribution in [0.3, 0.4) is 0 Å². The Morgan fingerprint density at radius 3 is 2.41 bits per heavy atom. The van der Waals surface area contributed by atoms with E-state index in [1.54, 1.807) is 11.3 Å². The van der Waals surface area contributed by atoms with E-state index >= 15 is 0 Å². The summed E-state index contributed by atoms with van der Waals surface area (Å²) in [6.07, 6.45) is 3.24. The van der Waals surface area contributed by atoms with Gasteiger partial charge in [0.1, 0.15) is 0 Å². The van der Waals surface area contributed by atoms with Crippen LogP contribution in [0.4, 0.5) is 0 Å². The normalized spacial score (nSPS) is 11.8. The Kier molecular flexibility index (Phi) is 10.0. The number of hydrogen-bond acceptors (Lipinski definition) is 3. The monoisotopic (exact) mass is 851 g/mol. The molecule has 0 aliphatic heterocycles. The largest absolute Gasteiger partial charge is 0.333 e. The molecule has 0 aliphatic carbocycles. The maximum absolute atomic E-state index is 7.90. The van der Waals surface area contributed by atoms with E-state index < -0.39 is 8.07 Å². The minimum absolute atomic E-state index is 0. The molecule has 8 aromatic rings. The van der Waals surface area contributed by atoms with E-state index in [-0.39, 0.29) is 20.1 Å². The fraction of sp³-hybridized carbons (Fsp3) is 0.163. The maximum atomic E-state index is 7.90. The second-order valence-electron chi connectivity index (χ2n) is 13.6. The Balaban J connectivity index is 0.000000182. The van der Waals surface area contributed by atoms with Gasteiger partial charge >= 0.3 is 0 Å². The van der Waals surface area contributed by atoms with E-state index in [1.165, 1.54) is 21.5 Å². The first kappa shape index (κ1) is 33.3. The van der Waals surface area contributed by atoms with Crippen LogP contribution in [0.1, 0.15) is 20.8 Å². The number of thiophene rings is 1. The molecule has 6 heteroatoms. The third kappa shape index (κ3) is 7.39. The number of nitrogens with zero attached hydrogens (tertiary/aromatic N) is 3. The zero-order chi connectivity index (χ0) is 34.1. The van der Waals surface area contributed by atoms with Crippen molar-refractivity contribution in [2.45, 2.75) is 39.9 Å². The van der Waals surface area contributed by atoms with E-state index in [9.17, 15) is 0 Å². The molecule has 0 spiro atoms. The first-order valence-electron chi connectivity index (χ1n) is 17.0. The van der Waals surface area contributed by atoms with Crippen molar-refractivity contribution in [2.24, 2.45) is 5.92 Å². The molecule has 247 valence electrons. The van der Waals surface area contributed by atoms with Crippen LogP contribution in [0.5, 0.6) is 0 Å². The number of hydrogen-bond donors (Lipinski definition) is 0. The van der Waals surface area contributed by atoms with Crippen molar-refractivity contribution in [1.29, 1.82) is 0 Å². The molecular formula is C43H39IrN3SSi-2. The van der Waals surface area contributed by atoms with Crippen molar-refractivity contribution in [3.8, 4) is 28.3 Å². The van der Waals surface area contributed by atoms with E-state index in [0.29, 0.717) is 12.0 Å². The third-order valence-electron chi connectivity index (χ3n) is 8.54. The van der Waals surface area contributed by atoms with Crippen LogP contribution in [0, 0.1) is 17.4 Å². The fourth-order valence-corrected chi connectivity index (χ4v) is 8.69. The number of benzene rings is 5. The van der Waals surface area contributed by atoms with Crippen LogP contribution >= 0.6 is 11.3 Å². The molecule has 3 heterocycles. The van der Waals surface area contributed by atoms with Gasteiger partial charge in [-0.25, -0.2) is 0 Å². The van der Waals surface area contributed by atoms with E-state index in [4.69, 9.17) is 6.35 Å². The second-order valence-corrected chi connectivity index (χ2v) is 19.5. The topological polar surface area (TPSA) is 30.7 Å². The van der Waals surface area contributed by atoms with Crippen molar-refractivity contribution < 1.29 is 21.5 Å². The number of aromatic nitrogens is 3. The second kappa shape index (κ2) is 14.7. The van der Waals surface area contributed by atoms with Gasteiger partial charge in [0.05, 0.1) is 26.3 Å². The Morgan fingerprint density at radius 1 is 0.857 bits per heavy atom. The minimum atomic E-state index is -1.34. The maximum Gasteiger partial charge on any atom is 0.0798 e. The van der Waals surface area contributed by atoms with Gasteiger partial charge in [-0.1, -0.05) is 121 Å². The van der Waals surface area contributed by atoms with Crippen molar-refractivity contribution in [3.63, 3.8) is 0 Å². The van der Waals surface area contributed by atoms with Gasteiger partial charge in [-0.2, -0.15) is 0 Å². The molecule has 0 fully saturated rings. The summed E-state index contributed by atoms with van der Waals surface area (Å²) in [7, 11) is -1.34. The summed E-state index contributed by atoms with van der Waals surface area (Å²) >= 11 is 1.54. The molecule has 0 atom stereocenters. The molecule has 8 rings (SSSR count). The molecule has 0 unspecified atom stereocenters. The molecule has 0 aliphatic rings. The summed E-state index contributed by atoms with van der Waals surface area (Å²) in [5, 5.41) is 8.44. The molecular weight excluding hydrogens is 811 g/mol. The average molecular weight is 851 g/mol. The van der Waals surface area contributed by atoms with Gasteiger partial charge in [0.2, 0.25) is 0 Å². The molecule has 5 aromatic carbocycles. The Hall–Kier alpha value is -4.19. The van der Waals surface area contributed by atoms with E-state index in [1.807, 2.05) is 54.6 Å². The zero-order valence-corrected chi connectivity index (χ0v) is 32.6. The van der Waals surface area contributed by atoms with Gasteiger partial charge in [0.25, 0.3) is 0 Å². The standard InChI is InChI=1S/C25H15N2S.C18H24NSi.Ir/c1-2-8-18-15-19(14-13-17(18)7-1)27-23-11-5-4-10-22(23)26-25(27)21-16-28-24-12-6-3-9-20(21)24;1-14(2)11-16-12-17(15-9-7-6-8-10-15)19-13-18(16)20(3,4)5;/h1-15H;6-9,12-14H,11H2,1-5H3;/q2*-1;/i6D;;. The molecule has 0 bridgehead atoms. The molecule has 0 saturated carbocycles. The summed E-state index contributed by atoms with van der Waals surface area (Å²) in [6.45, 7) is 11.7. The van der Waals surface area contributed by atoms with Crippen LogP contribution in [0.2, 0.25) is 19.6 Å². The van der Waals surface area contributed by atoms with Gasteiger partial charge in [0.15, 0.2) is 0 Å². The molecule has 3 aromatic heterocycles. The molecule has 0 amide bonds. The van der Waals surface area contributed by atoms with Gasteiger partial charge < -0.3 is 9.55 Å². The molecule has 0 N–H and O–H groups in total. The number of imidazole rings is 1. The Morgan fingerprint density at radius 2 is 1.63 bits per heavy atom. The first-order valence-corrected chi connectivity index (χ1v) is 20.8. The summed E-state index contributed by atoms with van der Waals surface area (Å²) in [6, 6.07) is 43.0. The van der Waals surface area contributed by atoms with Crippen molar-refractivity contribution in [1.82, 2.24) is 14.5 Å². The number of fused-ring (bicyclic) bond motifs is 3. The van der Waals surface area contributed by atoms with Crippen LogP contribution in [-0.2, 0) is 26.5 Å². The fourth-order valence-electron chi connectivity index (χ4n) is 6.29. The quantitative estimate of drug-likeness (QED) is 0.123. The molecule has 1 radical (unpaired) electrons. The van der Waals surface area contributed by atoms with Crippen molar-refractivity contribution in [3.05, 3.63) is 145 Å². The van der Waals surface area contributed by atoms with Crippen LogP contribution < -0.4 is 5.19 Å². The number of pyridine rings is 1. The number of para-hydroxylation sites is 2. The molecule has 49 heavy (non-hydrogen) atoms. The van der Waals surface area contributed by atoms with Crippen molar-refractivity contribution >= 4 is 56.5 Å². The first-order chi connectivity index (χ1) is 23.7. The minimum Gasteiger partial charge on any atom is -0.333 e. The van der Waals surface area contributed by atoms with Gasteiger partial charge in [-0.3, -0.25) is 16.3 Å². The molecule has 3 nitrogen and oxygen atoms in total. The van der Waals surface area contributed by atoms with E-state index in [0.717, 1.165) is 55.9 Å². The third-order valence-corrected chi connectivity index (χ3v) is 11.5. The van der Waals surface area contributed by atoms with Gasteiger partial charge in [-0.15, -0.1) is 47.3 Å². The summed E-state index contributed by atoms with van der Waals surface area (Å²) < 4.78 is 11.2. The smallest absolute Gasteiger partial charge is 0.0798 e. The van der Waals surface area contributed by atoms with Gasteiger partial charge in [0, 0.05) is 32.0 Å². The molecule has 0 saturated heterocycles. The predicted octanol–water partition coefficient (Wildman–Crippen LogP) is 11.2. The van der Waals surface area contributed by atoms with Crippen LogP contribution in [0.25, 0.3) is 60.2 Å². The van der Waals surface area contributed by atoms with Crippen molar-refractivity contribution in [2.75, 3.05) is 0 Å². The summed E-state index contributed by atoms with van der Waals surface area (Å²) in [5.74, 6) is 1.55.